The van der Waals surface area contributed by atoms with Crippen molar-refractivity contribution in [1.82, 2.24) is 20.0 Å². The second kappa shape index (κ2) is 10.6. The first-order valence-corrected chi connectivity index (χ1v) is 13.2. The molecular formula is C27H34F3N7O2. The molecule has 210 valence electrons. The van der Waals surface area contributed by atoms with Gasteiger partial charge in [0.05, 0.1) is 29.7 Å². The molecule has 0 radical (unpaired) electrons. The van der Waals surface area contributed by atoms with Crippen LogP contribution in [-0.4, -0.2) is 78.9 Å². The topological polar surface area (TPSA) is 89.7 Å². The van der Waals surface area contributed by atoms with Gasteiger partial charge in [-0.25, -0.2) is 0 Å². The lowest BCUT2D eigenvalue weighted by molar-refractivity contribution is -0.137. The van der Waals surface area contributed by atoms with E-state index in [1.165, 1.54) is 17.8 Å². The fraction of sp³-hybridized carbons (Fsp3) is 0.519. The van der Waals surface area contributed by atoms with Crippen molar-refractivity contribution in [2.75, 3.05) is 56.2 Å². The Kier molecular flexibility index (Phi) is 7.32. The van der Waals surface area contributed by atoms with E-state index in [1.807, 2.05) is 11.9 Å². The number of nitrogens with one attached hydrogen (secondary N) is 2. The number of carbonyl (C=O) groups excluding carboxylic acids is 1. The van der Waals surface area contributed by atoms with E-state index in [2.05, 4.69) is 10.4 Å². The van der Waals surface area contributed by atoms with Gasteiger partial charge >= 0.3 is 6.18 Å². The van der Waals surface area contributed by atoms with Crippen LogP contribution in [0.5, 0.6) is 0 Å². The minimum absolute atomic E-state index is 0.0519. The summed E-state index contributed by atoms with van der Waals surface area (Å²) in [5.41, 5.74) is 2.12. The molecule has 0 unspecified atom stereocenters. The van der Waals surface area contributed by atoms with Crippen LogP contribution in [0.4, 0.5) is 24.5 Å². The van der Waals surface area contributed by atoms with Gasteiger partial charge in [0.1, 0.15) is 5.84 Å². The highest BCUT2D eigenvalue weighted by Crippen LogP contribution is 2.45. The Morgan fingerprint density at radius 2 is 1.87 bits per heavy atom. The molecule has 9 nitrogen and oxygen atoms in total. The Morgan fingerprint density at radius 1 is 1.13 bits per heavy atom. The molecule has 1 aromatic carbocycles. The average molecular weight is 546 g/mol. The number of aromatic nitrogens is 2. The molecule has 0 atom stereocenters. The molecule has 1 saturated heterocycles. The number of halogens is 3. The zero-order valence-electron chi connectivity index (χ0n) is 22.4. The van der Waals surface area contributed by atoms with Crippen molar-refractivity contribution < 1.29 is 22.7 Å². The molecule has 0 saturated carbocycles. The predicted molar refractivity (Wildman–Crippen MR) is 143 cm³/mol. The highest BCUT2D eigenvalue weighted by atomic mass is 19.4. The van der Waals surface area contributed by atoms with Crippen molar-refractivity contribution in [1.29, 1.82) is 5.41 Å². The van der Waals surface area contributed by atoms with E-state index in [9.17, 15) is 23.4 Å². The normalized spacial score (nSPS) is 18.9. The fourth-order valence-electron chi connectivity index (χ4n) is 5.52. The Labute approximate surface area is 225 Å². The van der Waals surface area contributed by atoms with Gasteiger partial charge in [-0.2, -0.15) is 18.3 Å². The maximum absolute atomic E-state index is 14.4. The number of amidine groups is 1. The summed E-state index contributed by atoms with van der Waals surface area (Å²) in [6, 6.07) is 2.89. The smallest absolute Gasteiger partial charge is 0.385 e. The summed E-state index contributed by atoms with van der Waals surface area (Å²) in [5, 5.41) is 16.9. The Bertz CT molecular complexity index is 1300. The molecule has 2 N–H and O–H groups in total. The van der Waals surface area contributed by atoms with Crippen LogP contribution in [0, 0.1) is 5.41 Å². The van der Waals surface area contributed by atoms with E-state index in [1.54, 1.807) is 29.1 Å². The van der Waals surface area contributed by atoms with E-state index in [-0.39, 0.29) is 29.9 Å². The number of hydrogen-bond acceptors (Lipinski definition) is 6. The highest BCUT2D eigenvalue weighted by Gasteiger charge is 2.38. The lowest BCUT2D eigenvalue weighted by atomic mass is 9.96. The van der Waals surface area contributed by atoms with Gasteiger partial charge in [0.2, 0.25) is 5.91 Å². The first kappa shape index (κ1) is 27.0. The van der Waals surface area contributed by atoms with E-state index in [4.69, 9.17) is 4.74 Å². The Hall–Kier alpha value is -3.54. The minimum atomic E-state index is -4.60. The van der Waals surface area contributed by atoms with Gasteiger partial charge in [0.25, 0.3) is 0 Å². The van der Waals surface area contributed by atoms with Crippen LogP contribution < -0.4 is 15.1 Å². The van der Waals surface area contributed by atoms with Crippen molar-refractivity contribution >= 4 is 23.1 Å². The van der Waals surface area contributed by atoms with Gasteiger partial charge in [0.15, 0.2) is 0 Å². The van der Waals surface area contributed by atoms with E-state index in [0.29, 0.717) is 61.8 Å². The van der Waals surface area contributed by atoms with Gasteiger partial charge in [-0.05, 0) is 30.5 Å². The van der Waals surface area contributed by atoms with Crippen LogP contribution in [0.3, 0.4) is 0 Å². The van der Waals surface area contributed by atoms with Crippen LogP contribution in [0.25, 0.3) is 11.1 Å². The third-order valence-corrected chi connectivity index (χ3v) is 7.74. The number of benzene rings is 1. The van der Waals surface area contributed by atoms with Crippen LogP contribution >= 0.6 is 0 Å². The maximum Gasteiger partial charge on any atom is 0.417 e. The number of hydrogen-bond donors (Lipinski definition) is 2. The standard InChI is InChI=1S/C27H34F3N7O2/c1-17(38)36-7-4-23(33-19-5-10-39-11-6-19)21(16-36)26(31)37-9-8-34(2)24-12-20(18-14-32-35(3)15-18)22(13-25(24)37)27(28,29)30/h12-15,19,31,33H,4-11,16H2,1-3H3. The number of nitrogens with zero attached hydrogens (tertiary/aromatic N) is 5. The molecule has 0 aliphatic carbocycles. The molecule has 1 fully saturated rings. The van der Waals surface area contributed by atoms with Crippen molar-refractivity contribution in [3.8, 4) is 11.1 Å². The molecule has 3 aliphatic rings. The summed E-state index contributed by atoms with van der Waals surface area (Å²) in [7, 11) is 3.51. The van der Waals surface area contributed by atoms with Crippen molar-refractivity contribution in [2.24, 2.45) is 7.05 Å². The average Bonchev–Trinajstić information content (AvgIpc) is 3.34. The minimum Gasteiger partial charge on any atom is -0.385 e. The lowest BCUT2D eigenvalue weighted by Gasteiger charge is -2.41. The molecule has 0 bridgehead atoms. The molecule has 2 aromatic rings. The molecule has 1 amide bonds. The molecule has 4 heterocycles. The van der Waals surface area contributed by atoms with E-state index < -0.39 is 11.7 Å². The summed E-state index contributed by atoms with van der Waals surface area (Å²) in [5.74, 6) is 0.0248. The van der Waals surface area contributed by atoms with E-state index in [0.717, 1.165) is 24.6 Å². The zero-order valence-corrected chi connectivity index (χ0v) is 22.4. The number of anilines is 2. The third kappa shape index (κ3) is 5.47. The van der Waals surface area contributed by atoms with Crippen LogP contribution in [0.2, 0.25) is 0 Å². The van der Waals surface area contributed by atoms with Gasteiger partial charge in [-0.15, -0.1) is 0 Å². The van der Waals surface area contributed by atoms with Crippen LogP contribution in [0.1, 0.15) is 31.7 Å². The summed E-state index contributed by atoms with van der Waals surface area (Å²) in [4.78, 5) is 17.5. The highest BCUT2D eigenvalue weighted by molar-refractivity contribution is 6.11. The van der Waals surface area contributed by atoms with Gasteiger partial charge in [-0.1, -0.05) is 0 Å². The summed E-state index contributed by atoms with van der Waals surface area (Å²) in [6.45, 7) is 4.45. The van der Waals surface area contributed by atoms with Crippen LogP contribution in [-0.2, 0) is 22.8 Å². The number of ether oxygens (including phenoxy) is 1. The van der Waals surface area contributed by atoms with Crippen molar-refractivity contribution in [2.45, 2.75) is 38.4 Å². The second-order valence-electron chi connectivity index (χ2n) is 10.4. The molecule has 0 spiro atoms. The molecule has 39 heavy (non-hydrogen) atoms. The Balaban J connectivity index is 1.57. The number of amides is 1. The molecular weight excluding hydrogens is 511 g/mol. The number of alkyl halides is 3. The van der Waals surface area contributed by atoms with Crippen molar-refractivity contribution in [3.05, 3.63) is 41.4 Å². The summed E-state index contributed by atoms with van der Waals surface area (Å²) < 4.78 is 50.1. The molecule has 12 heteroatoms. The van der Waals surface area contributed by atoms with Crippen molar-refractivity contribution in [3.63, 3.8) is 0 Å². The maximum atomic E-state index is 14.4. The molecule has 3 aliphatic heterocycles. The third-order valence-electron chi connectivity index (χ3n) is 7.74. The fourth-order valence-corrected chi connectivity index (χ4v) is 5.52. The Morgan fingerprint density at radius 3 is 2.51 bits per heavy atom. The monoisotopic (exact) mass is 545 g/mol. The zero-order chi connectivity index (χ0) is 27.9. The van der Waals surface area contributed by atoms with Gasteiger partial charge < -0.3 is 24.8 Å². The lowest BCUT2D eigenvalue weighted by Crippen LogP contribution is -2.48. The first-order chi connectivity index (χ1) is 18.5. The van der Waals surface area contributed by atoms with E-state index >= 15 is 0 Å². The molecule has 1 aromatic heterocycles. The SMILES string of the molecule is CC(=O)N1CCC(NC2CCOCC2)=C(C(=N)N2CCN(C)c3cc(-c4cnn(C)c4)c(C(F)(F)F)cc32)C1. The summed E-state index contributed by atoms with van der Waals surface area (Å²) in [6.07, 6.45) is 0.625. The number of rotatable bonds is 4. The number of carbonyl (C=O) groups is 1. The van der Waals surface area contributed by atoms with Gasteiger partial charge in [0, 0.05) is 89.4 Å². The number of likely N-dealkylation sites (N-methyl/N-ethyl adjacent to an activating group) is 1. The molecule has 5 rings (SSSR count). The first-order valence-electron chi connectivity index (χ1n) is 13.2. The summed E-state index contributed by atoms with van der Waals surface area (Å²) >= 11 is 0. The number of fused-ring (bicyclic) bond motifs is 1. The van der Waals surface area contributed by atoms with Crippen LogP contribution in [0.15, 0.2) is 35.8 Å². The second-order valence-corrected chi connectivity index (χ2v) is 10.4. The largest absolute Gasteiger partial charge is 0.417 e. The number of aryl methyl sites for hydroxylation is 1. The van der Waals surface area contributed by atoms with Gasteiger partial charge in [-0.3, -0.25) is 14.9 Å². The predicted octanol–water partition coefficient (Wildman–Crippen LogP) is 3.61. The quantitative estimate of drug-likeness (QED) is 0.451.